The van der Waals surface area contributed by atoms with Gasteiger partial charge in [0.25, 0.3) is 5.91 Å². The maximum Gasteiger partial charge on any atom is 0.259 e. The van der Waals surface area contributed by atoms with Gasteiger partial charge in [-0.15, -0.1) is 10.2 Å². The quantitative estimate of drug-likeness (QED) is 0.785. The zero-order valence-corrected chi connectivity index (χ0v) is 15.7. The minimum Gasteiger partial charge on any atom is -0.378 e. The lowest BCUT2D eigenvalue weighted by Gasteiger charge is -2.35. The van der Waals surface area contributed by atoms with Crippen LogP contribution < -0.4 is 9.80 Å². The summed E-state index contributed by atoms with van der Waals surface area (Å²) >= 11 is 0. The molecule has 144 valence electrons. The van der Waals surface area contributed by atoms with Gasteiger partial charge in [0.05, 0.1) is 18.9 Å². The van der Waals surface area contributed by atoms with E-state index in [1.807, 2.05) is 17.0 Å². The third kappa shape index (κ3) is 3.59. The maximum atomic E-state index is 12.7. The van der Waals surface area contributed by atoms with Crippen LogP contribution >= 0.6 is 0 Å². The first-order valence-corrected chi connectivity index (χ1v) is 9.27. The number of ether oxygens (including phenoxy) is 1. The van der Waals surface area contributed by atoms with Crippen LogP contribution in [0.25, 0.3) is 0 Å². The molecule has 0 unspecified atom stereocenters. The highest BCUT2D eigenvalue weighted by molar-refractivity contribution is 5.96. The first-order chi connectivity index (χ1) is 13.1. The van der Waals surface area contributed by atoms with Crippen LogP contribution in [0.4, 0.5) is 11.6 Å². The lowest BCUT2D eigenvalue weighted by molar-refractivity contribution is 0.0744. The number of hydrogen-bond acceptors (Lipinski definition) is 8. The summed E-state index contributed by atoms with van der Waals surface area (Å²) in [7, 11) is 0. The summed E-state index contributed by atoms with van der Waals surface area (Å²) in [6, 6.07) is 4.01. The van der Waals surface area contributed by atoms with E-state index in [2.05, 4.69) is 25.2 Å². The van der Waals surface area contributed by atoms with Gasteiger partial charge >= 0.3 is 0 Å². The summed E-state index contributed by atoms with van der Waals surface area (Å²) in [5.74, 6) is 2.29. The van der Waals surface area contributed by atoms with Crippen LogP contribution in [0, 0.1) is 13.8 Å². The topological polar surface area (TPSA) is 87.8 Å². The highest BCUT2D eigenvalue weighted by Crippen LogP contribution is 2.20. The van der Waals surface area contributed by atoms with E-state index in [0.29, 0.717) is 30.1 Å². The molecule has 4 rings (SSSR count). The Labute approximate surface area is 157 Å². The molecule has 0 spiro atoms. The molecule has 0 radical (unpaired) electrons. The van der Waals surface area contributed by atoms with Crippen LogP contribution in [0.15, 0.2) is 16.7 Å². The summed E-state index contributed by atoms with van der Waals surface area (Å²) in [4.78, 5) is 18.9. The van der Waals surface area contributed by atoms with Crippen LogP contribution in [0.2, 0.25) is 0 Å². The van der Waals surface area contributed by atoms with Crippen LogP contribution in [0.3, 0.4) is 0 Å². The van der Waals surface area contributed by atoms with Crippen molar-refractivity contribution in [2.24, 2.45) is 0 Å². The molecule has 2 aliphatic heterocycles. The molecule has 4 heterocycles. The Bertz CT molecular complexity index is 772. The summed E-state index contributed by atoms with van der Waals surface area (Å²) in [6.45, 7) is 9.43. The first kappa shape index (κ1) is 17.7. The molecule has 0 aliphatic carbocycles. The lowest BCUT2D eigenvalue weighted by Crippen LogP contribution is -2.49. The molecule has 0 bridgehead atoms. The Morgan fingerprint density at radius 2 is 1.52 bits per heavy atom. The maximum absolute atomic E-state index is 12.7. The summed E-state index contributed by atoms with van der Waals surface area (Å²) in [5, 5.41) is 12.6. The largest absolute Gasteiger partial charge is 0.378 e. The van der Waals surface area contributed by atoms with Crippen molar-refractivity contribution in [1.29, 1.82) is 0 Å². The van der Waals surface area contributed by atoms with E-state index >= 15 is 0 Å². The second-order valence-corrected chi connectivity index (χ2v) is 6.83. The van der Waals surface area contributed by atoms with Gasteiger partial charge in [-0.25, -0.2) is 0 Å². The predicted octanol–water partition coefficient (Wildman–Crippen LogP) is 0.880. The number of rotatable bonds is 3. The molecule has 1 amide bonds. The average Bonchev–Trinajstić information content (AvgIpc) is 3.06. The van der Waals surface area contributed by atoms with Crippen molar-refractivity contribution in [3.05, 3.63) is 29.2 Å². The molecule has 2 fully saturated rings. The number of anilines is 2. The number of amides is 1. The summed E-state index contributed by atoms with van der Waals surface area (Å²) in [6.07, 6.45) is 0. The third-order valence-electron chi connectivity index (χ3n) is 5.11. The zero-order chi connectivity index (χ0) is 18.8. The fourth-order valence-electron chi connectivity index (χ4n) is 3.53. The highest BCUT2D eigenvalue weighted by Gasteiger charge is 2.27. The summed E-state index contributed by atoms with van der Waals surface area (Å²) < 4.78 is 10.5. The molecule has 0 N–H and O–H groups in total. The molecule has 0 aromatic carbocycles. The van der Waals surface area contributed by atoms with E-state index in [1.54, 1.807) is 13.8 Å². The van der Waals surface area contributed by atoms with Crippen LogP contribution in [0.1, 0.15) is 21.8 Å². The Morgan fingerprint density at radius 1 is 0.926 bits per heavy atom. The monoisotopic (exact) mass is 372 g/mol. The molecule has 2 aliphatic rings. The van der Waals surface area contributed by atoms with E-state index < -0.39 is 0 Å². The number of piperazine rings is 1. The molecule has 9 nitrogen and oxygen atoms in total. The minimum atomic E-state index is -0.0142. The van der Waals surface area contributed by atoms with Gasteiger partial charge in [0.2, 0.25) is 0 Å². The molecule has 2 aromatic heterocycles. The van der Waals surface area contributed by atoms with E-state index in [-0.39, 0.29) is 5.91 Å². The van der Waals surface area contributed by atoms with Crippen LogP contribution in [-0.2, 0) is 4.74 Å². The Balaban J connectivity index is 1.37. The molecule has 27 heavy (non-hydrogen) atoms. The van der Waals surface area contributed by atoms with Crippen molar-refractivity contribution in [2.75, 3.05) is 62.3 Å². The number of hydrogen-bond donors (Lipinski definition) is 0. The normalized spacial score (nSPS) is 18.1. The molecule has 0 atom stereocenters. The SMILES string of the molecule is Cc1noc(C)c1C(=O)N1CCN(c2ccc(N3CCOCC3)nn2)CC1. The van der Waals surface area contributed by atoms with Gasteiger partial charge in [0, 0.05) is 39.3 Å². The minimum absolute atomic E-state index is 0.0142. The van der Waals surface area contributed by atoms with Gasteiger partial charge < -0.3 is 24.0 Å². The molecular formula is C18H24N6O3. The molecule has 2 aromatic rings. The van der Waals surface area contributed by atoms with E-state index in [1.165, 1.54) is 0 Å². The van der Waals surface area contributed by atoms with Crippen molar-refractivity contribution in [1.82, 2.24) is 20.3 Å². The van der Waals surface area contributed by atoms with Crippen LogP contribution in [0.5, 0.6) is 0 Å². The number of carbonyl (C=O) groups is 1. The number of aromatic nitrogens is 3. The molecule has 2 saturated heterocycles. The fraction of sp³-hybridized carbons (Fsp3) is 0.556. The van der Waals surface area contributed by atoms with E-state index in [4.69, 9.17) is 9.26 Å². The van der Waals surface area contributed by atoms with Gasteiger partial charge in [0.1, 0.15) is 11.3 Å². The third-order valence-corrected chi connectivity index (χ3v) is 5.11. The first-order valence-electron chi connectivity index (χ1n) is 9.27. The lowest BCUT2D eigenvalue weighted by atomic mass is 10.1. The number of aryl methyl sites for hydroxylation is 2. The second-order valence-electron chi connectivity index (χ2n) is 6.83. The predicted molar refractivity (Wildman–Crippen MR) is 99.2 cm³/mol. The molecule has 0 saturated carbocycles. The number of carbonyl (C=O) groups excluding carboxylic acids is 1. The molecular weight excluding hydrogens is 348 g/mol. The van der Waals surface area contributed by atoms with Gasteiger partial charge in [-0.1, -0.05) is 5.16 Å². The van der Waals surface area contributed by atoms with Gasteiger partial charge in [-0.2, -0.15) is 0 Å². The Morgan fingerprint density at radius 3 is 2.04 bits per heavy atom. The van der Waals surface area contributed by atoms with Crippen molar-refractivity contribution >= 4 is 17.5 Å². The van der Waals surface area contributed by atoms with Gasteiger partial charge in [-0.3, -0.25) is 4.79 Å². The smallest absolute Gasteiger partial charge is 0.259 e. The number of nitrogens with zero attached hydrogens (tertiary/aromatic N) is 6. The zero-order valence-electron chi connectivity index (χ0n) is 15.7. The van der Waals surface area contributed by atoms with Gasteiger partial charge in [0.15, 0.2) is 11.6 Å². The standard InChI is InChI=1S/C18H24N6O3/c1-13-17(14(2)27-21-13)18(25)24-7-5-22(6-8-24)15-3-4-16(20-19-15)23-9-11-26-12-10-23/h3-4H,5-12H2,1-2H3. The number of morpholine rings is 1. The second kappa shape index (κ2) is 7.51. The summed E-state index contributed by atoms with van der Waals surface area (Å²) in [5.41, 5.74) is 1.22. The van der Waals surface area contributed by atoms with Crippen molar-refractivity contribution in [3.8, 4) is 0 Å². The van der Waals surface area contributed by atoms with Crippen molar-refractivity contribution in [2.45, 2.75) is 13.8 Å². The Kier molecular flexibility index (Phi) is 4.93. The van der Waals surface area contributed by atoms with E-state index in [9.17, 15) is 4.79 Å². The molecule has 9 heteroatoms. The highest BCUT2D eigenvalue weighted by atomic mass is 16.5. The van der Waals surface area contributed by atoms with Crippen LogP contribution in [-0.4, -0.2) is 78.6 Å². The van der Waals surface area contributed by atoms with Gasteiger partial charge in [-0.05, 0) is 26.0 Å². The Hall–Kier alpha value is -2.68. The van der Waals surface area contributed by atoms with Crippen molar-refractivity contribution < 1.29 is 14.1 Å². The fourth-order valence-corrected chi connectivity index (χ4v) is 3.53. The average molecular weight is 372 g/mol. The van der Waals surface area contributed by atoms with Crippen molar-refractivity contribution in [3.63, 3.8) is 0 Å². The van der Waals surface area contributed by atoms with E-state index in [0.717, 1.165) is 51.0 Å².